The van der Waals surface area contributed by atoms with Crippen LogP contribution < -0.4 is 0 Å². The van der Waals surface area contributed by atoms with Crippen molar-refractivity contribution in [3.05, 3.63) is 0 Å². The maximum Gasteiger partial charge on any atom is 0.319 e. The van der Waals surface area contributed by atoms with Crippen molar-refractivity contribution in [1.29, 1.82) is 5.26 Å². The molecule has 6 nitrogen and oxygen atoms in total. The molecule has 96 valence electrons. The molecular formula is C11H18N2O4. The molecule has 0 bridgehead atoms. The molecule has 0 N–H and O–H groups in total. The molecule has 0 aliphatic carbocycles. The van der Waals surface area contributed by atoms with Crippen LogP contribution >= 0.6 is 0 Å². The number of nitriles is 1. The first kappa shape index (κ1) is 15.4. The average molecular weight is 242 g/mol. The van der Waals surface area contributed by atoms with Crippen LogP contribution in [-0.4, -0.2) is 50.2 Å². The second kappa shape index (κ2) is 8.53. The standard InChI is InChI=1S/C11H18N2O4/c1-4-9(5-6-12)13(7-10(14)16-2)8-11(15)17-3/h9H,4-5,7-8H2,1-3H3. The van der Waals surface area contributed by atoms with Crippen LogP contribution in [0.4, 0.5) is 0 Å². The zero-order valence-electron chi connectivity index (χ0n) is 10.4. The van der Waals surface area contributed by atoms with Gasteiger partial charge >= 0.3 is 11.9 Å². The lowest BCUT2D eigenvalue weighted by Crippen LogP contribution is -2.42. The zero-order chi connectivity index (χ0) is 13.3. The van der Waals surface area contributed by atoms with Crippen molar-refractivity contribution in [3.63, 3.8) is 0 Å². The summed E-state index contributed by atoms with van der Waals surface area (Å²) in [4.78, 5) is 24.0. The minimum Gasteiger partial charge on any atom is -0.468 e. The van der Waals surface area contributed by atoms with Crippen LogP contribution in [0.15, 0.2) is 0 Å². The van der Waals surface area contributed by atoms with Gasteiger partial charge in [-0.2, -0.15) is 5.26 Å². The molecule has 1 atom stereocenters. The van der Waals surface area contributed by atoms with Crippen LogP contribution in [0.1, 0.15) is 19.8 Å². The minimum atomic E-state index is -0.440. The van der Waals surface area contributed by atoms with Crippen LogP contribution in [0.5, 0.6) is 0 Å². The number of esters is 2. The molecule has 0 fully saturated rings. The van der Waals surface area contributed by atoms with Crippen molar-refractivity contribution in [1.82, 2.24) is 4.90 Å². The topological polar surface area (TPSA) is 79.6 Å². The lowest BCUT2D eigenvalue weighted by atomic mass is 10.1. The SMILES string of the molecule is CCC(CC#N)N(CC(=O)OC)CC(=O)OC. The summed E-state index contributed by atoms with van der Waals surface area (Å²) in [7, 11) is 2.56. The molecule has 0 radical (unpaired) electrons. The van der Waals surface area contributed by atoms with E-state index in [-0.39, 0.29) is 25.6 Å². The van der Waals surface area contributed by atoms with Gasteiger partial charge in [-0.3, -0.25) is 14.5 Å². The molecular weight excluding hydrogens is 224 g/mol. The van der Waals surface area contributed by atoms with Crippen molar-refractivity contribution in [2.24, 2.45) is 0 Å². The summed E-state index contributed by atoms with van der Waals surface area (Å²) >= 11 is 0. The number of hydrogen-bond acceptors (Lipinski definition) is 6. The van der Waals surface area contributed by atoms with Gasteiger partial charge in [0.1, 0.15) is 0 Å². The van der Waals surface area contributed by atoms with Gasteiger partial charge in [-0.25, -0.2) is 0 Å². The largest absolute Gasteiger partial charge is 0.468 e. The Bertz CT molecular complexity index is 280. The Kier molecular flexibility index (Phi) is 7.72. The van der Waals surface area contributed by atoms with E-state index < -0.39 is 11.9 Å². The van der Waals surface area contributed by atoms with Crippen molar-refractivity contribution in [2.75, 3.05) is 27.3 Å². The molecule has 0 aliphatic rings. The number of methoxy groups -OCH3 is 2. The van der Waals surface area contributed by atoms with Crippen molar-refractivity contribution < 1.29 is 19.1 Å². The van der Waals surface area contributed by atoms with E-state index in [1.165, 1.54) is 14.2 Å². The summed E-state index contributed by atoms with van der Waals surface area (Å²) < 4.78 is 9.11. The molecule has 0 amide bonds. The van der Waals surface area contributed by atoms with E-state index in [2.05, 4.69) is 9.47 Å². The van der Waals surface area contributed by atoms with Crippen LogP contribution in [-0.2, 0) is 19.1 Å². The smallest absolute Gasteiger partial charge is 0.319 e. The Morgan fingerprint density at radius 3 is 2.00 bits per heavy atom. The second-order valence-corrected chi connectivity index (χ2v) is 3.48. The number of ether oxygens (including phenoxy) is 2. The maximum atomic E-state index is 11.2. The summed E-state index contributed by atoms with van der Waals surface area (Å²) in [5.41, 5.74) is 0. The molecule has 0 aromatic rings. The fraction of sp³-hybridized carbons (Fsp3) is 0.727. The van der Waals surface area contributed by atoms with E-state index in [1.54, 1.807) is 4.90 Å². The van der Waals surface area contributed by atoms with E-state index in [0.29, 0.717) is 6.42 Å². The first-order valence-electron chi connectivity index (χ1n) is 5.33. The van der Waals surface area contributed by atoms with E-state index in [9.17, 15) is 9.59 Å². The molecule has 1 unspecified atom stereocenters. The number of carbonyl (C=O) groups is 2. The highest BCUT2D eigenvalue weighted by molar-refractivity contribution is 5.74. The first-order chi connectivity index (χ1) is 8.08. The normalized spacial score (nSPS) is 11.7. The fourth-order valence-electron chi connectivity index (χ4n) is 1.41. The number of carbonyl (C=O) groups excluding carboxylic acids is 2. The monoisotopic (exact) mass is 242 g/mol. The number of nitrogens with zero attached hydrogens (tertiary/aromatic N) is 2. The Labute approximate surface area is 101 Å². The molecule has 0 aromatic heterocycles. The predicted molar refractivity (Wildman–Crippen MR) is 59.9 cm³/mol. The lowest BCUT2D eigenvalue weighted by molar-refractivity contribution is -0.146. The molecule has 0 spiro atoms. The average Bonchev–Trinajstić information content (AvgIpc) is 2.34. The van der Waals surface area contributed by atoms with E-state index in [0.717, 1.165) is 0 Å². The third-order valence-corrected chi connectivity index (χ3v) is 2.43. The lowest BCUT2D eigenvalue weighted by Gasteiger charge is -2.27. The maximum absolute atomic E-state index is 11.2. The van der Waals surface area contributed by atoms with Crippen molar-refractivity contribution >= 4 is 11.9 Å². The Morgan fingerprint density at radius 1 is 1.24 bits per heavy atom. The highest BCUT2D eigenvalue weighted by Crippen LogP contribution is 2.08. The van der Waals surface area contributed by atoms with E-state index in [4.69, 9.17) is 5.26 Å². The van der Waals surface area contributed by atoms with E-state index >= 15 is 0 Å². The van der Waals surface area contributed by atoms with Gasteiger partial charge in [-0.15, -0.1) is 0 Å². The Morgan fingerprint density at radius 2 is 1.71 bits per heavy atom. The second-order valence-electron chi connectivity index (χ2n) is 3.48. The van der Waals surface area contributed by atoms with Gasteiger partial charge in [0.15, 0.2) is 0 Å². The summed E-state index contributed by atoms with van der Waals surface area (Å²) in [5, 5.41) is 8.69. The zero-order valence-corrected chi connectivity index (χ0v) is 10.4. The quantitative estimate of drug-likeness (QED) is 0.598. The highest BCUT2D eigenvalue weighted by atomic mass is 16.5. The molecule has 0 saturated heterocycles. The van der Waals surface area contributed by atoms with Crippen molar-refractivity contribution in [2.45, 2.75) is 25.8 Å². The highest BCUT2D eigenvalue weighted by Gasteiger charge is 2.22. The van der Waals surface area contributed by atoms with Crippen LogP contribution in [0.25, 0.3) is 0 Å². The van der Waals surface area contributed by atoms with Gasteiger partial charge in [0.25, 0.3) is 0 Å². The fourth-order valence-corrected chi connectivity index (χ4v) is 1.41. The summed E-state index contributed by atoms with van der Waals surface area (Å²) in [6.45, 7) is 1.85. The van der Waals surface area contributed by atoms with Crippen LogP contribution in [0, 0.1) is 11.3 Å². The summed E-state index contributed by atoms with van der Waals surface area (Å²) in [5.74, 6) is -0.879. The summed E-state index contributed by atoms with van der Waals surface area (Å²) in [6, 6.07) is 1.88. The van der Waals surface area contributed by atoms with Gasteiger partial charge in [-0.1, -0.05) is 6.92 Å². The molecule has 0 aromatic carbocycles. The molecule has 0 heterocycles. The third-order valence-electron chi connectivity index (χ3n) is 2.43. The first-order valence-corrected chi connectivity index (χ1v) is 5.33. The molecule has 0 aliphatic heterocycles. The molecule has 0 saturated carbocycles. The minimum absolute atomic E-state index is 0.0220. The van der Waals surface area contributed by atoms with E-state index in [1.807, 2.05) is 13.0 Å². The summed E-state index contributed by atoms with van der Waals surface area (Å²) in [6.07, 6.45) is 0.923. The molecule has 17 heavy (non-hydrogen) atoms. The number of rotatable bonds is 7. The number of hydrogen-bond donors (Lipinski definition) is 0. The Balaban J connectivity index is 4.63. The Hall–Kier alpha value is -1.61. The third kappa shape index (κ3) is 5.88. The van der Waals surface area contributed by atoms with Crippen molar-refractivity contribution in [3.8, 4) is 6.07 Å². The van der Waals surface area contributed by atoms with Gasteiger partial charge in [0.05, 0.1) is 39.8 Å². The predicted octanol–water partition coefficient (Wildman–Crippen LogP) is 0.327. The molecule has 6 heteroatoms. The molecule has 0 rings (SSSR count). The van der Waals surface area contributed by atoms with Gasteiger partial charge in [0, 0.05) is 6.04 Å². The van der Waals surface area contributed by atoms with Crippen LogP contribution in [0.3, 0.4) is 0 Å². The van der Waals surface area contributed by atoms with Crippen LogP contribution in [0.2, 0.25) is 0 Å². The van der Waals surface area contributed by atoms with Gasteiger partial charge < -0.3 is 9.47 Å². The van der Waals surface area contributed by atoms with Gasteiger partial charge in [-0.05, 0) is 6.42 Å². The van der Waals surface area contributed by atoms with Gasteiger partial charge in [0.2, 0.25) is 0 Å².